The van der Waals surface area contributed by atoms with Crippen LogP contribution in [0, 0.1) is 3.57 Å². The van der Waals surface area contributed by atoms with Crippen molar-refractivity contribution >= 4 is 33.9 Å². The van der Waals surface area contributed by atoms with Gasteiger partial charge in [0.15, 0.2) is 0 Å². The van der Waals surface area contributed by atoms with Crippen molar-refractivity contribution in [2.24, 2.45) is 0 Å². The Balaban J connectivity index is 2.15. The molecule has 1 aromatic carbocycles. The number of nitrogens with one attached hydrogen (secondary N) is 1. The Morgan fingerprint density at radius 1 is 1.28 bits per heavy atom. The van der Waals surface area contributed by atoms with E-state index in [4.69, 9.17) is 0 Å². The topological polar surface area (TPSA) is 12.0 Å². The number of halogens is 1. The third kappa shape index (κ3) is 3.56. The van der Waals surface area contributed by atoms with E-state index in [0.717, 1.165) is 6.54 Å². The Bertz CT molecular complexity index is 507. The minimum atomic E-state index is 0.450. The average molecular weight is 371 g/mol. The summed E-state index contributed by atoms with van der Waals surface area (Å²) in [5.41, 5.74) is 1.32. The second-order valence-corrected chi connectivity index (χ2v) is 6.75. The molecule has 0 amide bonds. The maximum Gasteiger partial charge on any atom is 0.0386 e. The molecule has 0 bridgehead atoms. The standard InChI is InChI=1S/C15H18INS/c1-3-9-17-11(2)14-7-8-15(18-14)12-5-4-6-13(16)10-12/h4-8,10-11,17H,3,9H2,1-2H3. The molecule has 0 aliphatic carbocycles. The molecular weight excluding hydrogens is 353 g/mol. The summed E-state index contributed by atoms with van der Waals surface area (Å²) >= 11 is 4.25. The van der Waals surface area contributed by atoms with Crippen molar-refractivity contribution in [3.63, 3.8) is 0 Å². The number of benzene rings is 1. The Hall–Kier alpha value is -0.390. The molecule has 3 heteroatoms. The first-order valence-electron chi connectivity index (χ1n) is 6.29. The molecule has 0 aliphatic rings. The SMILES string of the molecule is CCCNC(C)c1ccc(-c2cccc(I)c2)s1. The van der Waals surface area contributed by atoms with Crippen LogP contribution >= 0.6 is 33.9 Å². The maximum atomic E-state index is 3.53. The molecule has 0 spiro atoms. The van der Waals surface area contributed by atoms with E-state index in [1.165, 1.54) is 25.3 Å². The smallest absolute Gasteiger partial charge is 0.0386 e. The predicted molar refractivity (Wildman–Crippen MR) is 89.2 cm³/mol. The number of thiophene rings is 1. The summed E-state index contributed by atoms with van der Waals surface area (Å²) in [5, 5.41) is 3.53. The van der Waals surface area contributed by atoms with Gasteiger partial charge in [-0.15, -0.1) is 11.3 Å². The van der Waals surface area contributed by atoms with Gasteiger partial charge in [0.2, 0.25) is 0 Å². The van der Waals surface area contributed by atoms with Gasteiger partial charge in [0.25, 0.3) is 0 Å². The van der Waals surface area contributed by atoms with Crippen LogP contribution in [-0.2, 0) is 0 Å². The highest BCUT2D eigenvalue weighted by Gasteiger charge is 2.08. The van der Waals surface area contributed by atoms with E-state index in [-0.39, 0.29) is 0 Å². The zero-order chi connectivity index (χ0) is 13.0. The summed E-state index contributed by atoms with van der Waals surface area (Å²) in [6.07, 6.45) is 1.18. The van der Waals surface area contributed by atoms with Crippen molar-refractivity contribution in [3.8, 4) is 10.4 Å². The van der Waals surface area contributed by atoms with Gasteiger partial charge in [-0.25, -0.2) is 0 Å². The number of hydrogen-bond acceptors (Lipinski definition) is 2. The van der Waals surface area contributed by atoms with Crippen molar-refractivity contribution in [2.45, 2.75) is 26.3 Å². The monoisotopic (exact) mass is 371 g/mol. The molecule has 1 nitrogen and oxygen atoms in total. The summed E-state index contributed by atoms with van der Waals surface area (Å²) in [4.78, 5) is 2.77. The van der Waals surface area contributed by atoms with Gasteiger partial charge in [0.05, 0.1) is 0 Å². The van der Waals surface area contributed by atoms with Crippen LogP contribution in [0.15, 0.2) is 36.4 Å². The molecule has 18 heavy (non-hydrogen) atoms. The minimum Gasteiger partial charge on any atom is -0.309 e. The molecule has 0 radical (unpaired) electrons. The Morgan fingerprint density at radius 3 is 2.83 bits per heavy atom. The fourth-order valence-electron chi connectivity index (χ4n) is 1.84. The van der Waals surface area contributed by atoms with Gasteiger partial charge < -0.3 is 5.32 Å². The Kier molecular flexibility index (Phi) is 5.21. The quantitative estimate of drug-likeness (QED) is 0.723. The molecule has 1 atom stereocenters. The lowest BCUT2D eigenvalue weighted by atomic mass is 10.2. The van der Waals surface area contributed by atoms with Crippen LogP contribution < -0.4 is 5.32 Å². The van der Waals surface area contributed by atoms with Crippen LogP contribution in [0.25, 0.3) is 10.4 Å². The minimum absolute atomic E-state index is 0.450. The fourth-order valence-corrected chi connectivity index (χ4v) is 3.42. The Morgan fingerprint density at radius 2 is 2.11 bits per heavy atom. The first-order valence-corrected chi connectivity index (χ1v) is 8.19. The van der Waals surface area contributed by atoms with Crippen LogP contribution in [0.1, 0.15) is 31.2 Å². The normalized spacial score (nSPS) is 12.6. The zero-order valence-electron chi connectivity index (χ0n) is 10.7. The molecule has 0 aliphatic heterocycles. The lowest BCUT2D eigenvalue weighted by Gasteiger charge is -2.10. The van der Waals surface area contributed by atoms with E-state index >= 15 is 0 Å². The summed E-state index contributed by atoms with van der Waals surface area (Å²) in [6, 6.07) is 13.6. The molecule has 0 fully saturated rings. The molecule has 0 saturated heterocycles. The molecule has 1 heterocycles. The highest BCUT2D eigenvalue weighted by molar-refractivity contribution is 14.1. The maximum absolute atomic E-state index is 3.53. The van der Waals surface area contributed by atoms with E-state index < -0.39 is 0 Å². The third-order valence-electron chi connectivity index (χ3n) is 2.86. The van der Waals surface area contributed by atoms with Crippen molar-refractivity contribution in [2.75, 3.05) is 6.54 Å². The highest BCUT2D eigenvalue weighted by atomic mass is 127. The van der Waals surface area contributed by atoms with E-state index in [1.54, 1.807) is 0 Å². The number of hydrogen-bond donors (Lipinski definition) is 1. The first-order chi connectivity index (χ1) is 8.70. The Labute approximate surface area is 127 Å². The number of rotatable bonds is 5. The van der Waals surface area contributed by atoms with Crippen LogP contribution in [-0.4, -0.2) is 6.54 Å². The van der Waals surface area contributed by atoms with Gasteiger partial charge in [0, 0.05) is 19.4 Å². The van der Waals surface area contributed by atoms with Gasteiger partial charge in [0.1, 0.15) is 0 Å². The molecule has 1 N–H and O–H groups in total. The molecule has 96 valence electrons. The first kappa shape index (κ1) is 14.0. The predicted octanol–water partition coefficient (Wildman–Crippen LogP) is 5.08. The van der Waals surface area contributed by atoms with E-state index in [2.05, 4.69) is 78.2 Å². The van der Waals surface area contributed by atoms with Gasteiger partial charge in [-0.2, -0.15) is 0 Å². The van der Waals surface area contributed by atoms with Crippen LogP contribution in [0.5, 0.6) is 0 Å². The van der Waals surface area contributed by atoms with E-state index in [1.807, 2.05) is 11.3 Å². The second kappa shape index (κ2) is 6.68. The summed E-state index contributed by atoms with van der Waals surface area (Å²) in [7, 11) is 0. The van der Waals surface area contributed by atoms with Crippen LogP contribution in [0.2, 0.25) is 0 Å². The lowest BCUT2D eigenvalue weighted by molar-refractivity contribution is 0.578. The lowest BCUT2D eigenvalue weighted by Crippen LogP contribution is -2.18. The fraction of sp³-hybridized carbons (Fsp3) is 0.333. The molecule has 2 rings (SSSR count). The summed E-state index contributed by atoms with van der Waals surface area (Å²) in [6.45, 7) is 5.52. The van der Waals surface area contributed by atoms with Crippen molar-refractivity contribution in [1.29, 1.82) is 0 Å². The van der Waals surface area contributed by atoms with Crippen molar-refractivity contribution in [3.05, 3.63) is 44.8 Å². The molecular formula is C15H18INS. The van der Waals surface area contributed by atoms with Gasteiger partial charge in [-0.05, 0) is 72.3 Å². The third-order valence-corrected chi connectivity index (χ3v) is 4.85. The largest absolute Gasteiger partial charge is 0.309 e. The zero-order valence-corrected chi connectivity index (χ0v) is 13.7. The highest BCUT2D eigenvalue weighted by Crippen LogP contribution is 2.31. The molecule has 2 aromatic rings. The summed E-state index contributed by atoms with van der Waals surface area (Å²) in [5.74, 6) is 0. The van der Waals surface area contributed by atoms with Gasteiger partial charge in [-0.3, -0.25) is 0 Å². The van der Waals surface area contributed by atoms with Crippen molar-refractivity contribution in [1.82, 2.24) is 5.32 Å². The van der Waals surface area contributed by atoms with E-state index in [0.29, 0.717) is 6.04 Å². The average Bonchev–Trinajstić information content (AvgIpc) is 2.85. The van der Waals surface area contributed by atoms with Gasteiger partial charge in [-0.1, -0.05) is 19.1 Å². The summed E-state index contributed by atoms with van der Waals surface area (Å²) < 4.78 is 1.29. The van der Waals surface area contributed by atoms with Crippen molar-refractivity contribution < 1.29 is 0 Å². The van der Waals surface area contributed by atoms with Gasteiger partial charge >= 0.3 is 0 Å². The van der Waals surface area contributed by atoms with Crippen LogP contribution in [0.3, 0.4) is 0 Å². The van der Waals surface area contributed by atoms with E-state index in [9.17, 15) is 0 Å². The molecule has 1 unspecified atom stereocenters. The molecule has 1 aromatic heterocycles. The van der Waals surface area contributed by atoms with Crippen LogP contribution in [0.4, 0.5) is 0 Å². The second-order valence-electron chi connectivity index (χ2n) is 4.39. The molecule has 0 saturated carbocycles.